The number of fused-ring (bicyclic) bond motifs is 1. The molecule has 112 valence electrons. The van der Waals surface area contributed by atoms with E-state index in [4.69, 9.17) is 0 Å². The van der Waals surface area contributed by atoms with E-state index in [-0.39, 0.29) is 29.9 Å². The number of amides is 2. The normalized spacial score (nSPS) is 32.9. The molecule has 3 fully saturated rings. The van der Waals surface area contributed by atoms with Crippen molar-refractivity contribution in [1.29, 1.82) is 0 Å². The second kappa shape index (κ2) is 5.38. The van der Waals surface area contributed by atoms with Gasteiger partial charge in [-0.1, -0.05) is 13.3 Å². The topological polar surface area (TPSA) is 40.6 Å². The Morgan fingerprint density at radius 3 is 2.45 bits per heavy atom. The minimum Gasteiger partial charge on any atom is -0.329 e. The summed E-state index contributed by atoms with van der Waals surface area (Å²) in [6.07, 6.45) is 7.41. The number of piperazine rings is 1. The van der Waals surface area contributed by atoms with Crippen LogP contribution in [0.3, 0.4) is 0 Å². The fraction of sp³-hybridized carbons (Fsp3) is 0.875. The summed E-state index contributed by atoms with van der Waals surface area (Å²) in [7, 11) is 0. The van der Waals surface area contributed by atoms with Crippen molar-refractivity contribution in [3.8, 4) is 0 Å². The van der Waals surface area contributed by atoms with Gasteiger partial charge >= 0.3 is 0 Å². The van der Waals surface area contributed by atoms with E-state index in [1.54, 1.807) is 0 Å². The van der Waals surface area contributed by atoms with Crippen LogP contribution in [0.5, 0.6) is 0 Å². The van der Waals surface area contributed by atoms with Gasteiger partial charge in [-0.2, -0.15) is 0 Å². The average Bonchev–Trinajstić information content (AvgIpc) is 2.40. The van der Waals surface area contributed by atoms with Crippen molar-refractivity contribution in [3.05, 3.63) is 0 Å². The van der Waals surface area contributed by atoms with Crippen molar-refractivity contribution in [1.82, 2.24) is 9.80 Å². The zero-order valence-electron chi connectivity index (χ0n) is 12.7. The van der Waals surface area contributed by atoms with Crippen LogP contribution in [0.2, 0.25) is 0 Å². The molecule has 4 nitrogen and oxygen atoms in total. The maximum Gasteiger partial charge on any atom is 0.246 e. The lowest BCUT2D eigenvalue weighted by molar-refractivity contribution is -0.168. The van der Waals surface area contributed by atoms with Crippen LogP contribution in [0.1, 0.15) is 58.8 Å². The minimum absolute atomic E-state index is 0.165. The molecule has 3 rings (SSSR count). The molecule has 0 bridgehead atoms. The molecule has 0 aromatic heterocycles. The van der Waals surface area contributed by atoms with Gasteiger partial charge in [-0.25, -0.2) is 0 Å². The van der Waals surface area contributed by atoms with E-state index in [0.29, 0.717) is 5.92 Å². The molecule has 1 saturated carbocycles. The highest BCUT2D eigenvalue weighted by Crippen LogP contribution is 2.36. The number of nitrogens with zero attached hydrogens (tertiary/aromatic N) is 2. The van der Waals surface area contributed by atoms with Crippen LogP contribution in [0, 0.1) is 5.92 Å². The largest absolute Gasteiger partial charge is 0.329 e. The van der Waals surface area contributed by atoms with E-state index in [1.807, 2.05) is 16.7 Å². The third-order valence-electron chi connectivity index (χ3n) is 5.60. The van der Waals surface area contributed by atoms with Crippen LogP contribution >= 0.6 is 0 Å². The lowest BCUT2D eigenvalue weighted by Gasteiger charge is -2.51. The molecular weight excluding hydrogens is 252 g/mol. The molecule has 2 heterocycles. The maximum absolute atomic E-state index is 12.9. The molecule has 1 aliphatic carbocycles. The number of carbonyl (C=O) groups is 2. The molecule has 0 spiro atoms. The Morgan fingerprint density at radius 1 is 1.10 bits per heavy atom. The number of hydrogen-bond donors (Lipinski definition) is 0. The number of carbonyl (C=O) groups excluding carboxylic acids is 2. The molecule has 4 heteroatoms. The van der Waals surface area contributed by atoms with Crippen molar-refractivity contribution in [2.75, 3.05) is 6.54 Å². The summed E-state index contributed by atoms with van der Waals surface area (Å²) in [5.41, 5.74) is 0. The number of hydrogen-bond acceptors (Lipinski definition) is 2. The lowest BCUT2D eigenvalue weighted by Crippen LogP contribution is -2.68. The summed E-state index contributed by atoms with van der Waals surface area (Å²) < 4.78 is 0. The molecule has 3 unspecified atom stereocenters. The Kier molecular flexibility index (Phi) is 3.74. The van der Waals surface area contributed by atoms with E-state index < -0.39 is 0 Å². The highest BCUT2D eigenvalue weighted by Gasteiger charge is 2.48. The van der Waals surface area contributed by atoms with Crippen LogP contribution in [0.15, 0.2) is 0 Å². The van der Waals surface area contributed by atoms with Crippen LogP contribution < -0.4 is 0 Å². The maximum atomic E-state index is 12.9. The predicted octanol–water partition coefficient (Wildman–Crippen LogP) is 2.18. The first-order chi connectivity index (χ1) is 9.65. The summed E-state index contributed by atoms with van der Waals surface area (Å²) >= 11 is 0. The first kappa shape index (κ1) is 13.9. The van der Waals surface area contributed by atoms with Crippen molar-refractivity contribution < 1.29 is 9.59 Å². The van der Waals surface area contributed by atoms with Gasteiger partial charge in [-0.05, 0) is 51.4 Å². The van der Waals surface area contributed by atoms with Crippen LogP contribution in [0.4, 0.5) is 0 Å². The van der Waals surface area contributed by atoms with Gasteiger partial charge in [0.15, 0.2) is 0 Å². The van der Waals surface area contributed by atoms with Gasteiger partial charge in [0.05, 0.1) is 0 Å². The van der Waals surface area contributed by atoms with Gasteiger partial charge < -0.3 is 9.80 Å². The minimum atomic E-state index is -0.215. The quantitative estimate of drug-likeness (QED) is 0.794. The van der Waals surface area contributed by atoms with E-state index in [9.17, 15) is 9.59 Å². The Balaban J connectivity index is 1.86. The van der Waals surface area contributed by atoms with Crippen molar-refractivity contribution in [2.24, 2.45) is 5.92 Å². The zero-order chi connectivity index (χ0) is 14.3. The van der Waals surface area contributed by atoms with Crippen LogP contribution in [0.25, 0.3) is 0 Å². The second-order valence-corrected chi connectivity index (χ2v) is 6.64. The molecule has 0 radical (unpaired) electrons. The molecule has 20 heavy (non-hydrogen) atoms. The Labute approximate surface area is 121 Å². The standard InChI is InChI=1S/C16H26N2O2/c1-3-13-15(19)17-10-5-4-9-14(17)16(20)18(13)11(2)12-7-6-8-12/h11-14H,3-10H2,1-2H3. The summed E-state index contributed by atoms with van der Waals surface area (Å²) in [6, 6.07) is -0.150. The SMILES string of the molecule is CCC1C(=O)N2CCCCC2C(=O)N1C(C)C1CCC1. The Bertz CT molecular complexity index is 405. The Morgan fingerprint density at radius 2 is 1.85 bits per heavy atom. The average molecular weight is 278 g/mol. The third-order valence-corrected chi connectivity index (χ3v) is 5.60. The highest BCUT2D eigenvalue weighted by molar-refractivity contribution is 5.97. The monoisotopic (exact) mass is 278 g/mol. The molecule has 2 aliphatic heterocycles. The molecule has 2 amide bonds. The van der Waals surface area contributed by atoms with Gasteiger partial charge in [-0.3, -0.25) is 9.59 Å². The van der Waals surface area contributed by atoms with E-state index in [1.165, 1.54) is 19.3 Å². The van der Waals surface area contributed by atoms with Crippen LogP contribution in [-0.4, -0.2) is 46.3 Å². The second-order valence-electron chi connectivity index (χ2n) is 6.64. The van der Waals surface area contributed by atoms with Crippen molar-refractivity contribution in [3.63, 3.8) is 0 Å². The smallest absolute Gasteiger partial charge is 0.246 e. The predicted molar refractivity (Wildman–Crippen MR) is 77.1 cm³/mol. The van der Waals surface area contributed by atoms with Gasteiger partial charge in [0, 0.05) is 12.6 Å². The van der Waals surface area contributed by atoms with Gasteiger partial charge in [-0.15, -0.1) is 0 Å². The summed E-state index contributed by atoms with van der Waals surface area (Å²) in [6.45, 7) is 4.95. The number of rotatable bonds is 3. The van der Waals surface area contributed by atoms with E-state index in [0.717, 1.165) is 32.2 Å². The van der Waals surface area contributed by atoms with E-state index in [2.05, 4.69) is 6.92 Å². The summed E-state index contributed by atoms with van der Waals surface area (Å²) in [4.78, 5) is 29.4. The fourth-order valence-electron chi connectivity index (χ4n) is 4.09. The van der Waals surface area contributed by atoms with Crippen molar-refractivity contribution in [2.45, 2.75) is 76.9 Å². The van der Waals surface area contributed by atoms with Gasteiger partial charge in [0.2, 0.25) is 11.8 Å². The molecular formula is C16H26N2O2. The highest BCUT2D eigenvalue weighted by atomic mass is 16.2. The van der Waals surface area contributed by atoms with Gasteiger partial charge in [0.1, 0.15) is 12.1 Å². The summed E-state index contributed by atoms with van der Waals surface area (Å²) in [5, 5.41) is 0. The van der Waals surface area contributed by atoms with Crippen molar-refractivity contribution >= 4 is 11.8 Å². The molecule has 0 aromatic carbocycles. The molecule has 2 saturated heterocycles. The van der Waals surface area contributed by atoms with E-state index >= 15 is 0 Å². The lowest BCUT2D eigenvalue weighted by atomic mass is 9.78. The first-order valence-corrected chi connectivity index (χ1v) is 8.27. The zero-order valence-corrected chi connectivity index (χ0v) is 12.7. The first-order valence-electron chi connectivity index (χ1n) is 8.27. The fourth-order valence-corrected chi connectivity index (χ4v) is 4.09. The molecule has 3 atom stereocenters. The molecule has 0 N–H and O–H groups in total. The van der Waals surface area contributed by atoms with Gasteiger partial charge in [0.25, 0.3) is 0 Å². The molecule has 3 aliphatic rings. The number of piperidine rings is 1. The van der Waals surface area contributed by atoms with Crippen LogP contribution in [-0.2, 0) is 9.59 Å². The Hall–Kier alpha value is -1.06. The summed E-state index contributed by atoms with van der Waals surface area (Å²) in [5.74, 6) is 1.02. The third kappa shape index (κ3) is 2.04. The molecule has 0 aromatic rings.